The molecule has 2 aromatic rings. The maximum atomic E-state index is 13.1. The van der Waals surface area contributed by atoms with Gasteiger partial charge < -0.3 is 10.1 Å². The Morgan fingerprint density at radius 3 is 2.54 bits per heavy atom. The average molecular weight is 326 g/mol. The normalized spacial score (nSPS) is 16.6. The van der Waals surface area contributed by atoms with Crippen LogP contribution in [-0.2, 0) is 16.1 Å². The number of ether oxygens (including phenoxy) is 1. The van der Waals surface area contributed by atoms with Crippen LogP contribution in [0.5, 0.6) is 0 Å². The third kappa shape index (κ3) is 3.43. The molecule has 0 spiro atoms. The van der Waals surface area contributed by atoms with Gasteiger partial charge in [0, 0.05) is 12.4 Å². The van der Waals surface area contributed by atoms with Crippen molar-refractivity contribution in [3.05, 3.63) is 83.9 Å². The largest absolute Gasteiger partial charge is 0.444 e. The van der Waals surface area contributed by atoms with Gasteiger partial charge in [0.2, 0.25) is 0 Å². The Balaban J connectivity index is 1.77. The maximum Gasteiger partial charge on any atom is 0.415 e. The van der Waals surface area contributed by atoms with Gasteiger partial charge in [-0.25, -0.2) is 9.18 Å². The lowest BCUT2D eigenvalue weighted by atomic mass is 10.0. The summed E-state index contributed by atoms with van der Waals surface area (Å²) in [7, 11) is 0. The number of carbonyl (C=O) groups is 2. The van der Waals surface area contributed by atoms with Crippen molar-refractivity contribution >= 4 is 12.0 Å². The van der Waals surface area contributed by atoms with Gasteiger partial charge in [0.1, 0.15) is 18.5 Å². The molecule has 24 heavy (non-hydrogen) atoms. The van der Waals surface area contributed by atoms with Crippen molar-refractivity contribution in [2.45, 2.75) is 12.6 Å². The second-order valence-corrected chi connectivity index (χ2v) is 5.23. The number of rotatable bonds is 3. The predicted molar refractivity (Wildman–Crippen MR) is 84.9 cm³/mol. The highest BCUT2D eigenvalue weighted by Gasteiger charge is 2.33. The standard InChI is InChI=1S/C18H15FN2O3/c19-15-8-6-14(7-9-15)16-17(22)20-10-11-21(16)18(23)24-12-13-4-2-1-3-5-13/h1-11,16H,12H2,(H,20,22)/t16-/m0/s1. The van der Waals surface area contributed by atoms with Gasteiger partial charge >= 0.3 is 6.09 Å². The molecule has 2 aromatic carbocycles. The van der Waals surface area contributed by atoms with Crippen molar-refractivity contribution in [1.29, 1.82) is 0 Å². The number of hydrogen-bond acceptors (Lipinski definition) is 3. The first-order valence-corrected chi connectivity index (χ1v) is 7.36. The summed E-state index contributed by atoms with van der Waals surface area (Å²) in [6.45, 7) is 0.0990. The highest BCUT2D eigenvalue weighted by atomic mass is 19.1. The minimum Gasteiger partial charge on any atom is -0.444 e. The van der Waals surface area contributed by atoms with Crippen molar-refractivity contribution in [2.75, 3.05) is 0 Å². The van der Waals surface area contributed by atoms with E-state index in [0.29, 0.717) is 5.56 Å². The van der Waals surface area contributed by atoms with E-state index < -0.39 is 18.0 Å². The topological polar surface area (TPSA) is 58.6 Å². The van der Waals surface area contributed by atoms with E-state index in [1.807, 2.05) is 30.3 Å². The van der Waals surface area contributed by atoms with Crippen LogP contribution < -0.4 is 5.32 Å². The van der Waals surface area contributed by atoms with Crippen LogP contribution in [0.4, 0.5) is 9.18 Å². The molecule has 0 unspecified atom stereocenters. The number of halogens is 1. The van der Waals surface area contributed by atoms with Gasteiger partial charge in [0.25, 0.3) is 5.91 Å². The van der Waals surface area contributed by atoms with Crippen molar-refractivity contribution in [3.63, 3.8) is 0 Å². The van der Waals surface area contributed by atoms with Gasteiger partial charge in [-0.1, -0.05) is 42.5 Å². The molecular formula is C18H15FN2O3. The van der Waals surface area contributed by atoms with E-state index in [4.69, 9.17) is 4.74 Å². The molecule has 1 atom stereocenters. The van der Waals surface area contributed by atoms with Crippen LogP contribution in [0.15, 0.2) is 67.0 Å². The SMILES string of the molecule is O=C1NC=CN(C(=O)OCc2ccccc2)[C@H]1c1ccc(F)cc1. The van der Waals surface area contributed by atoms with Crippen molar-refractivity contribution in [2.24, 2.45) is 0 Å². The minimum atomic E-state index is -0.904. The molecule has 0 bridgehead atoms. The average Bonchev–Trinajstić information content (AvgIpc) is 2.61. The quantitative estimate of drug-likeness (QED) is 0.943. The van der Waals surface area contributed by atoms with E-state index in [1.165, 1.54) is 41.6 Å². The van der Waals surface area contributed by atoms with E-state index in [-0.39, 0.29) is 12.5 Å². The molecule has 0 fully saturated rings. The predicted octanol–water partition coefficient (Wildman–Crippen LogP) is 3.11. The van der Waals surface area contributed by atoms with Crippen LogP contribution in [-0.4, -0.2) is 16.9 Å². The second-order valence-electron chi connectivity index (χ2n) is 5.23. The van der Waals surface area contributed by atoms with Crippen LogP contribution in [0, 0.1) is 5.82 Å². The molecule has 1 aliphatic heterocycles. The number of carbonyl (C=O) groups excluding carboxylic acids is 2. The third-order valence-electron chi connectivity index (χ3n) is 3.59. The molecule has 0 aromatic heterocycles. The van der Waals surface area contributed by atoms with Crippen LogP contribution in [0.25, 0.3) is 0 Å². The van der Waals surface area contributed by atoms with Crippen LogP contribution in [0.2, 0.25) is 0 Å². The Kier molecular flexibility index (Phi) is 4.56. The molecule has 5 nitrogen and oxygen atoms in total. The number of nitrogens with one attached hydrogen (secondary N) is 1. The summed E-state index contributed by atoms with van der Waals surface area (Å²) in [6, 6.07) is 13.8. The fourth-order valence-electron chi connectivity index (χ4n) is 2.41. The zero-order valence-electron chi connectivity index (χ0n) is 12.7. The summed E-state index contributed by atoms with van der Waals surface area (Å²) in [5, 5.41) is 2.54. The maximum absolute atomic E-state index is 13.1. The molecule has 0 saturated heterocycles. The summed E-state index contributed by atoms with van der Waals surface area (Å²) < 4.78 is 18.4. The summed E-state index contributed by atoms with van der Waals surface area (Å²) in [4.78, 5) is 25.7. The lowest BCUT2D eigenvalue weighted by Crippen LogP contribution is -2.43. The third-order valence-corrected chi connectivity index (χ3v) is 3.59. The molecule has 0 saturated carbocycles. The fourth-order valence-corrected chi connectivity index (χ4v) is 2.41. The number of amides is 2. The molecule has 1 aliphatic rings. The number of nitrogens with zero attached hydrogens (tertiary/aromatic N) is 1. The van der Waals surface area contributed by atoms with Crippen molar-refractivity contribution in [1.82, 2.24) is 10.2 Å². The molecule has 0 aliphatic carbocycles. The highest BCUT2D eigenvalue weighted by molar-refractivity contribution is 5.89. The summed E-state index contributed by atoms with van der Waals surface area (Å²) >= 11 is 0. The van der Waals surface area contributed by atoms with Gasteiger partial charge in [-0.15, -0.1) is 0 Å². The first-order valence-electron chi connectivity index (χ1n) is 7.36. The van der Waals surface area contributed by atoms with Crippen LogP contribution in [0.3, 0.4) is 0 Å². The Hall–Kier alpha value is -3.15. The zero-order chi connectivity index (χ0) is 16.9. The molecule has 122 valence electrons. The lowest BCUT2D eigenvalue weighted by molar-refractivity contribution is -0.125. The van der Waals surface area contributed by atoms with Gasteiger partial charge in [-0.3, -0.25) is 9.69 Å². The lowest BCUT2D eigenvalue weighted by Gasteiger charge is -2.30. The molecule has 1 N–H and O–H groups in total. The summed E-state index contributed by atoms with van der Waals surface area (Å²) in [5.74, 6) is -0.801. The van der Waals surface area contributed by atoms with Gasteiger partial charge in [0.15, 0.2) is 0 Å². The van der Waals surface area contributed by atoms with Crippen LogP contribution in [0.1, 0.15) is 17.2 Å². The molecule has 0 radical (unpaired) electrons. The molecule has 3 rings (SSSR count). The van der Waals surface area contributed by atoms with Gasteiger partial charge in [-0.2, -0.15) is 0 Å². The summed E-state index contributed by atoms with van der Waals surface area (Å²) in [6.07, 6.45) is 2.15. The minimum absolute atomic E-state index is 0.0990. The highest BCUT2D eigenvalue weighted by Crippen LogP contribution is 2.25. The first kappa shape index (κ1) is 15.7. The van der Waals surface area contributed by atoms with E-state index in [2.05, 4.69) is 5.32 Å². The summed E-state index contributed by atoms with van der Waals surface area (Å²) in [5.41, 5.74) is 1.34. The molecular weight excluding hydrogens is 311 g/mol. The number of benzene rings is 2. The molecule has 1 heterocycles. The second kappa shape index (κ2) is 6.95. The van der Waals surface area contributed by atoms with Gasteiger partial charge in [-0.05, 0) is 23.3 Å². The van der Waals surface area contributed by atoms with E-state index in [1.54, 1.807) is 0 Å². The zero-order valence-corrected chi connectivity index (χ0v) is 12.7. The van der Waals surface area contributed by atoms with E-state index >= 15 is 0 Å². The Morgan fingerprint density at radius 1 is 1.12 bits per heavy atom. The molecule has 6 heteroatoms. The monoisotopic (exact) mass is 326 g/mol. The molecule has 2 amide bonds. The smallest absolute Gasteiger partial charge is 0.415 e. The van der Waals surface area contributed by atoms with Gasteiger partial charge in [0.05, 0.1) is 0 Å². The number of hydrogen-bond donors (Lipinski definition) is 1. The van der Waals surface area contributed by atoms with Crippen LogP contribution >= 0.6 is 0 Å². The van der Waals surface area contributed by atoms with E-state index in [9.17, 15) is 14.0 Å². The Bertz CT molecular complexity index is 760. The van der Waals surface area contributed by atoms with Crippen molar-refractivity contribution in [3.8, 4) is 0 Å². The Labute approximate surface area is 138 Å². The van der Waals surface area contributed by atoms with Crippen molar-refractivity contribution < 1.29 is 18.7 Å². The van der Waals surface area contributed by atoms with E-state index in [0.717, 1.165) is 5.56 Å². The first-order chi connectivity index (χ1) is 11.6. The Morgan fingerprint density at radius 2 is 1.83 bits per heavy atom. The fraction of sp³-hybridized carbons (Fsp3) is 0.111.